The first kappa shape index (κ1) is 68.0. The molecule has 16 nitrogen and oxygen atoms in total. The summed E-state index contributed by atoms with van der Waals surface area (Å²) in [5.74, 6) is 5.80. The Morgan fingerprint density at radius 2 is 0.435 bits per heavy atom. The summed E-state index contributed by atoms with van der Waals surface area (Å²) in [6, 6.07) is 120. The topological polar surface area (TPSA) is 212 Å². The third kappa shape index (κ3) is 12.9. The molecule has 16 heteroatoms. The highest BCUT2D eigenvalue weighted by atomic mass is 15.1. The Bertz CT molecular complexity index is 6680. The Labute approximate surface area is 659 Å². The summed E-state index contributed by atoms with van der Waals surface area (Å²) in [7, 11) is 0. The van der Waals surface area contributed by atoms with Gasteiger partial charge < -0.3 is 9.13 Å². The second-order valence-corrected chi connectivity index (χ2v) is 27.9. The second kappa shape index (κ2) is 28.9. The molecule has 0 bridgehead atoms. The maximum absolute atomic E-state index is 12.1. The molecular formula is C99H60N16. The maximum atomic E-state index is 12.1. The van der Waals surface area contributed by atoms with E-state index in [-0.39, 0.29) is 0 Å². The fraction of sp³-hybridized carbons (Fsp3) is 0.0101. The summed E-state index contributed by atoms with van der Waals surface area (Å²) in [5, 5.41) is 26.4. The summed E-state index contributed by atoms with van der Waals surface area (Å²) >= 11 is 0. The minimum atomic E-state index is 0.340. The highest BCUT2D eigenvalue weighted by Gasteiger charge is 2.27. The minimum Gasteiger partial charge on any atom is -0.307 e. The van der Waals surface area contributed by atoms with Gasteiger partial charge in [-0.2, -0.15) is 10.5 Å². The van der Waals surface area contributed by atoms with Gasteiger partial charge in [-0.15, -0.1) is 0 Å². The SMILES string of the molecule is Cc1cc(C#N)cc(-c2cc(-n3c4cc(-c5nc(-c6ccccc6)nc(-c6ccccc6)n5)ccc4c4ccc(-c5nc(-c6ccccc6)nc(-c6ccccc6)n5)cc43)c(-n3c4cc(-c5nc(-c6ccccc6)nc(-c6ccccc6)n5)ccc4c4ccc(-c5nc(-c6ccccc6)nc(-c6ccccc6)n5)cc43)cc2C#N)c1. The monoisotopic (exact) mass is 1470 g/mol. The lowest BCUT2D eigenvalue weighted by Crippen LogP contribution is -2.06. The molecule has 0 fully saturated rings. The molecule has 0 aliphatic rings. The van der Waals surface area contributed by atoms with Crippen LogP contribution in [0.5, 0.6) is 0 Å². The van der Waals surface area contributed by atoms with E-state index in [4.69, 9.17) is 59.8 Å². The van der Waals surface area contributed by atoms with Crippen LogP contribution in [0.25, 0.3) is 203 Å². The molecule has 0 saturated heterocycles. The molecule has 20 aromatic rings. The first-order valence-corrected chi connectivity index (χ1v) is 37.5. The van der Waals surface area contributed by atoms with Crippen molar-refractivity contribution in [1.29, 1.82) is 10.5 Å². The van der Waals surface area contributed by atoms with E-state index >= 15 is 0 Å². The number of nitriles is 2. The third-order valence-corrected chi connectivity index (χ3v) is 20.6. The zero-order valence-electron chi connectivity index (χ0n) is 61.6. The molecule has 6 aromatic heterocycles. The van der Waals surface area contributed by atoms with Crippen LogP contribution < -0.4 is 0 Å². The largest absolute Gasteiger partial charge is 0.307 e. The molecule has 0 radical (unpaired) electrons. The van der Waals surface area contributed by atoms with Gasteiger partial charge in [0.25, 0.3) is 0 Å². The Kier molecular flexibility index (Phi) is 17.1. The average molecular weight is 1470 g/mol. The third-order valence-electron chi connectivity index (χ3n) is 20.6. The molecule has 0 N–H and O–H groups in total. The van der Waals surface area contributed by atoms with Gasteiger partial charge in [-0.25, -0.2) is 59.8 Å². The van der Waals surface area contributed by atoms with E-state index in [0.29, 0.717) is 126 Å². The average Bonchev–Trinajstić information content (AvgIpc) is 1.56. The Morgan fingerprint density at radius 1 is 0.209 bits per heavy atom. The zero-order valence-corrected chi connectivity index (χ0v) is 61.6. The quantitative estimate of drug-likeness (QED) is 0.0934. The number of fused-ring (bicyclic) bond motifs is 6. The van der Waals surface area contributed by atoms with E-state index in [1.807, 2.05) is 274 Å². The summed E-state index contributed by atoms with van der Waals surface area (Å²) in [5.41, 5.74) is 16.5. The van der Waals surface area contributed by atoms with Gasteiger partial charge in [0, 0.05) is 93.9 Å². The number of rotatable bonds is 15. The van der Waals surface area contributed by atoms with Crippen molar-refractivity contribution in [2.75, 3.05) is 0 Å². The van der Waals surface area contributed by atoms with E-state index in [2.05, 4.69) is 100 Å². The number of benzene rings is 14. The normalized spacial score (nSPS) is 11.3. The summed E-state index contributed by atoms with van der Waals surface area (Å²) < 4.78 is 4.51. The predicted octanol–water partition coefficient (Wildman–Crippen LogP) is 22.3. The van der Waals surface area contributed by atoms with Crippen LogP contribution in [0.15, 0.2) is 346 Å². The fourth-order valence-electron chi connectivity index (χ4n) is 15.1. The van der Waals surface area contributed by atoms with Crippen molar-refractivity contribution in [3.8, 4) is 171 Å². The van der Waals surface area contributed by atoms with Crippen LogP contribution in [-0.4, -0.2) is 68.9 Å². The van der Waals surface area contributed by atoms with Gasteiger partial charge in [0.2, 0.25) is 0 Å². The van der Waals surface area contributed by atoms with Gasteiger partial charge in [-0.1, -0.05) is 297 Å². The Balaban J connectivity index is 0.921. The van der Waals surface area contributed by atoms with Crippen molar-refractivity contribution in [2.45, 2.75) is 6.92 Å². The summed E-state index contributed by atoms with van der Waals surface area (Å²) in [6.45, 7) is 1.96. The van der Waals surface area contributed by atoms with Gasteiger partial charge in [0.15, 0.2) is 69.9 Å². The van der Waals surface area contributed by atoms with E-state index < -0.39 is 0 Å². The van der Waals surface area contributed by atoms with Crippen molar-refractivity contribution in [3.05, 3.63) is 362 Å². The molecule has 0 spiro atoms. The van der Waals surface area contributed by atoms with Crippen molar-refractivity contribution in [3.63, 3.8) is 0 Å². The molecule has 14 aromatic carbocycles. The van der Waals surface area contributed by atoms with Crippen LogP contribution in [0, 0.1) is 29.6 Å². The lowest BCUT2D eigenvalue weighted by Gasteiger charge is -2.20. The second-order valence-electron chi connectivity index (χ2n) is 27.9. The molecule has 0 saturated carbocycles. The maximum Gasteiger partial charge on any atom is 0.164 e. The number of hydrogen-bond donors (Lipinski definition) is 0. The number of aryl methyl sites for hydroxylation is 1. The lowest BCUT2D eigenvalue weighted by molar-refractivity contribution is 1.07. The van der Waals surface area contributed by atoms with Crippen LogP contribution in [-0.2, 0) is 0 Å². The summed E-state index contributed by atoms with van der Waals surface area (Å²) in [6.07, 6.45) is 0. The molecule has 6 heterocycles. The van der Waals surface area contributed by atoms with Crippen molar-refractivity contribution < 1.29 is 0 Å². The van der Waals surface area contributed by atoms with Gasteiger partial charge in [-0.3, -0.25) is 0 Å². The first-order valence-electron chi connectivity index (χ1n) is 37.5. The molecule has 536 valence electrons. The zero-order chi connectivity index (χ0) is 76.9. The van der Waals surface area contributed by atoms with Crippen LogP contribution >= 0.6 is 0 Å². The molecule has 115 heavy (non-hydrogen) atoms. The predicted molar refractivity (Wildman–Crippen MR) is 453 cm³/mol. The molecule has 0 atom stereocenters. The van der Waals surface area contributed by atoms with Gasteiger partial charge in [0.1, 0.15) is 0 Å². The van der Waals surface area contributed by atoms with Crippen LogP contribution in [0.4, 0.5) is 0 Å². The number of aromatic nitrogens is 14. The van der Waals surface area contributed by atoms with E-state index in [1.54, 1.807) is 0 Å². The van der Waals surface area contributed by atoms with E-state index in [0.717, 1.165) is 93.7 Å². The van der Waals surface area contributed by atoms with E-state index in [9.17, 15) is 10.5 Å². The van der Waals surface area contributed by atoms with Gasteiger partial charge in [-0.05, 0) is 66.6 Å². The van der Waals surface area contributed by atoms with Gasteiger partial charge >= 0.3 is 0 Å². The van der Waals surface area contributed by atoms with Gasteiger partial charge in [0.05, 0.1) is 56.7 Å². The van der Waals surface area contributed by atoms with Crippen molar-refractivity contribution in [1.82, 2.24) is 68.9 Å². The summed E-state index contributed by atoms with van der Waals surface area (Å²) in [4.78, 5) is 63.0. The molecule has 0 amide bonds. The lowest BCUT2D eigenvalue weighted by atomic mass is 9.95. The Morgan fingerprint density at radius 3 is 0.661 bits per heavy atom. The van der Waals surface area contributed by atoms with Crippen molar-refractivity contribution in [2.24, 2.45) is 0 Å². The van der Waals surface area contributed by atoms with Crippen LogP contribution in [0.1, 0.15) is 16.7 Å². The van der Waals surface area contributed by atoms with Crippen LogP contribution in [0.3, 0.4) is 0 Å². The minimum absolute atomic E-state index is 0.340. The Hall–Kier alpha value is -16.3. The standard InChI is InChI=1S/C99H60N16/c1-61-50-62(59-100)52-75(51-61)81-58-87(115-84-55-73(98-110-92(67-34-18-6-19-35-67)104-93(111-98)68-36-20-7-21-37-68)44-48-79(84)80-49-45-74(56-85(80)115)99-112-94(69-38-22-8-23-39-69)105-95(113-99)70-40-24-9-25-41-70)86(57-76(81)60-101)114-82-53-71(96-106-88(63-26-10-2-11-27-63)102-89(107-96)64-28-12-3-13-29-64)42-46-77(82)78-47-43-72(54-83(78)114)97-108-90(65-30-14-4-15-31-65)103-91(109-97)66-32-16-5-17-33-66/h2-58H,1H3. The number of hydrogen-bond acceptors (Lipinski definition) is 14. The highest BCUT2D eigenvalue weighted by molar-refractivity contribution is 6.14. The molecule has 20 rings (SSSR count). The fourth-order valence-corrected chi connectivity index (χ4v) is 15.1. The smallest absolute Gasteiger partial charge is 0.164 e. The molecule has 0 aliphatic carbocycles. The molecule has 0 aliphatic heterocycles. The first-order chi connectivity index (χ1) is 56.8. The highest BCUT2D eigenvalue weighted by Crippen LogP contribution is 2.45. The molecule has 0 unspecified atom stereocenters. The van der Waals surface area contributed by atoms with Crippen LogP contribution in [0.2, 0.25) is 0 Å². The number of nitrogens with zero attached hydrogens (tertiary/aromatic N) is 16. The van der Waals surface area contributed by atoms with Crippen molar-refractivity contribution >= 4 is 43.6 Å². The van der Waals surface area contributed by atoms with E-state index in [1.165, 1.54) is 0 Å². The molecular weight excluding hydrogens is 1410 g/mol.